The van der Waals surface area contributed by atoms with Gasteiger partial charge in [0.05, 0.1) is 5.69 Å². The maximum Gasteiger partial charge on any atom is 0.252 e. The molecule has 0 N–H and O–H groups in total. The molecule has 3 nitrogen and oxygen atoms in total. The van der Waals surface area contributed by atoms with Crippen LogP contribution >= 0.6 is 0 Å². The second-order valence-electron chi connectivity index (χ2n) is 21.9. The smallest absolute Gasteiger partial charge is 0.252 e. The predicted molar refractivity (Wildman–Crippen MR) is 287 cm³/mol. The number of fused-ring (bicyclic) bond motifs is 9. The summed E-state index contributed by atoms with van der Waals surface area (Å²) in [6.45, 7) is 23.4. The molecule has 4 heteroatoms. The fourth-order valence-corrected chi connectivity index (χ4v) is 11.9. The van der Waals surface area contributed by atoms with Crippen molar-refractivity contribution in [2.24, 2.45) is 0 Å². The van der Waals surface area contributed by atoms with Crippen LogP contribution in [0.15, 0.2) is 170 Å². The average molecular weight is 868 g/mol. The number of nitrogens with zero attached hydrogens (tertiary/aromatic N) is 3. The van der Waals surface area contributed by atoms with Gasteiger partial charge in [-0.25, -0.2) is 0 Å². The maximum atomic E-state index is 2.71. The van der Waals surface area contributed by atoms with E-state index in [9.17, 15) is 0 Å². The molecule has 0 atom stereocenters. The van der Waals surface area contributed by atoms with Crippen molar-refractivity contribution < 1.29 is 0 Å². The van der Waals surface area contributed by atoms with Crippen LogP contribution in [0.1, 0.15) is 88.9 Å². The maximum absolute atomic E-state index is 2.71. The first-order chi connectivity index (χ1) is 32.1. The largest absolute Gasteiger partial charge is 0.313 e. The van der Waals surface area contributed by atoms with Gasteiger partial charge in [0.15, 0.2) is 0 Å². The van der Waals surface area contributed by atoms with Crippen molar-refractivity contribution in [2.75, 3.05) is 9.80 Å². The van der Waals surface area contributed by atoms with Crippen LogP contribution in [0.5, 0.6) is 0 Å². The average Bonchev–Trinajstić information content (AvgIpc) is 3.79. The van der Waals surface area contributed by atoms with E-state index >= 15 is 0 Å². The van der Waals surface area contributed by atoms with Gasteiger partial charge in [-0.3, -0.25) is 0 Å². The van der Waals surface area contributed by atoms with Crippen LogP contribution in [0.3, 0.4) is 0 Å². The van der Waals surface area contributed by atoms with Gasteiger partial charge in [0, 0.05) is 67.3 Å². The van der Waals surface area contributed by atoms with Crippen LogP contribution in [-0.4, -0.2) is 11.3 Å². The summed E-state index contributed by atoms with van der Waals surface area (Å²) in [6, 6.07) is 64.7. The van der Waals surface area contributed by atoms with Crippen LogP contribution in [0.25, 0.3) is 38.8 Å². The van der Waals surface area contributed by atoms with Crippen LogP contribution in [0, 0.1) is 13.8 Å². The van der Waals surface area contributed by atoms with Gasteiger partial charge in [0.2, 0.25) is 0 Å². The number of rotatable bonds is 5. The Morgan fingerprint density at radius 2 is 1.15 bits per heavy atom. The molecule has 1 aromatic heterocycles. The highest BCUT2D eigenvalue weighted by Crippen LogP contribution is 2.55. The monoisotopic (exact) mass is 867 g/mol. The third kappa shape index (κ3) is 6.04. The first kappa shape index (κ1) is 41.4. The van der Waals surface area contributed by atoms with E-state index in [1.807, 2.05) is 0 Å². The zero-order valence-electron chi connectivity index (χ0n) is 40.6. The fraction of sp³-hybridized carbons (Fsp3) is 0.206. The van der Waals surface area contributed by atoms with Crippen molar-refractivity contribution >= 4 is 68.1 Å². The molecule has 0 saturated carbocycles. The van der Waals surface area contributed by atoms with E-state index in [2.05, 4.69) is 253 Å². The van der Waals surface area contributed by atoms with Crippen LogP contribution in [-0.2, 0) is 16.2 Å². The Kier molecular flexibility index (Phi) is 8.95. The molecule has 67 heavy (non-hydrogen) atoms. The summed E-state index contributed by atoms with van der Waals surface area (Å²) in [5, 5.41) is 1.34. The first-order valence-electron chi connectivity index (χ1n) is 24.1. The Hall–Kier alpha value is -7.04. The van der Waals surface area contributed by atoms with E-state index in [4.69, 9.17) is 0 Å². The summed E-state index contributed by atoms with van der Waals surface area (Å²) in [5.41, 5.74) is 26.5. The fourth-order valence-electron chi connectivity index (χ4n) is 11.9. The molecule has 3 heterocycles. The molecular formula is C63H58BN3. The summed E-state index contributed by atoms with van der Waals surface area (Å²) in [7, 11) is 0. The number of para-hydroxylation sites is 3. The molecular weight excluding hydrogens is 810 g/mol. The highest BCUT2D eigenvalue weighted by Gasteiger charge is 2.48. The normalized spacial score (nSPS) is 14.2. The zero-order valence-corrected chi connectivity index (χ0v) is 40.6. The van der Waals surface area contributed by atoms with Gasteiger partial charge in [0.25, 0.3) is 6.71 Å². The number of hydrogen-bond donors (Lipinski definition) is 0. The van der Waals surface area contributed by atoms with Crippen LogP contribution in [0.2, 0.25) is 0 Å². The van der Waals surface area contributed by atoms with E-state index in [1.54, 1.807) is 0 Å². The minimum Gasteiger partial charge on any atom is -0.313 e. The second kappa shape index (κ2) is 14.5. The molecule has 0 spiro atoms. The van der Waals surface area contributed by atoms with Gasteiger partial charge >= 0.3 is 0 Å². The molecule has 0 bridgehead atoms. The predicted octanol–water partition coefficient (Wildman–Crippen LogP) is 14.9. The molecule has 0 unspecified atom stereocenters. The molecule has 328 valence electrons. The van der Waals surface area contributed by atoms with Gasteiger partial charge in [-0.05, 0) is 129 Å². The number of aromatic nitrogens is 1. The molecule has 2 aliphatic heterocycles. The van der Waals surface area contributed by atoms with Crippen LogP contribution in [0.4, 0.5) is 34.1 Å². The lowest BCUT2D eigenvalue weighted by Gasteiger charge is -2.43. The standard InChI is InChI=1S/C63H58BN3/c1-39-21-14-18-29-51(39)65(52-30-19-15-22-40(52)2)44-32-33-49-54(38-44)66(53-34-31-42(61(3,4)5)35-47(53)41-23-12-11-13-24-41)55-36-43(62(6,7)8)37-56-58(55)64(49)50-28-20-26-46-57-45-25-16-17-27-48(45)63(9,10)60(57)67(56)59(46)50/h11-38H,1-10H3. The molecule has 0 saturated heterocycles. The lowest BCUT2D eigenvalue weighted by Crippen LogP contribution is -2.60. The minimum absolute atomic E-state index is 0.00305. The highest BCUT2D eigenvalue weighted by atomic mass is 15.2. The summed E-state index contributed by atoms with van der Waals surface area (Å²) >= 11 is 0. The Balaban J connectivity index is 1.24. The topological polar surface area (TPSA) is 11.4 Å². The minimum atomic E-state index is -0.210. The van der Waals surface area contributed by atoms with E-state index in [-0.39, 0.29) is 23.0 Å². The van der Waals surface area contributed by atoms with Crippen molar-refractivity contribution in [3.05, 3.63) is 203 Å². The number of anilines is 6. The van der Waals surface area contributed by atoms with Crippen molar-refractivity contribution in [2.45, 2.75) is 85.5 Å². The van der Waals surface area contributed by atoms with Crippen LogP contribution < -0.4 is 26.2 Å². The summed E-state index contributed by atoms with van der Waals surface area (Å²) in [6.07, 6.45) is 0. The molecule has 0 amide bonds. The van der Waals surface area contributed by atoms with Gasteiger partial charge < -0.3 is 14.4 Å². The van der Waals surface area contributed by atoms with Gasteiger partial charge in [-0.15, -0.1) is 0 Å². The number of aryl methyl sites for hydroxylation is 2. The SMILES string of the molecule is Cc1ccccc1N(c1ccc2c(c1)N(c1ccc(C(C)(C)C)cc1-c1ccccc1)c1cc(C(C)(C)C)cc3c1B2c1cccc2c4c(n-3c12)C(C)(C)c1ccccc1-4)c1ccccc1C. The van der Waals surface area contributed by atoms with Gasteiger partial charge in [-0.1, -0.05) is 177 Å². The molecule has 1 aliphatic carbocycles. The lowest BCUT2D eigenvalue weighted by atomic mass is 9.33. The second-order valence-corrected chi connectivity index (χ2v) is 21.9. The highest BCUT2D eigenvalue weighted by molar-refractivity contribution is 7.00. The summed E-state index contributed by atoms with van der Waals surface area (Å²) < 4.78 is 2.71. The van der Waals surface area contributed by atoms with E-state index in [0.717, 1.165) is 5.69 Å². The summed E-state index contributed by atoms with van der Waals surface area (Å²) in [5.74, 6) is 0. The Morgan fingerprint density at radius 3 is 1.84 bits per heavy atom. The first-order valence-corrected chi connectivity index (χ1v) is 24.1. The quantitative estimate of drug-likeness (QED) is 0.160. The summed E-state index contributed by atoms with van der Waals surface area (Å²) in [4.78, 5) is 5.13. The number of hydrogen-bond acceptors (Lipinski definition) is 2. The molecule has 3 aliphatic rings. The van der Waals surface area contributed by atoms with E-state index in [0.29, 0.717) is 0 Å². The Morgan fingerprint density at radius 1 is 0.507 bits per heavy atom. The number of benzene rings is 8. The molecule has 12 rings (SSSR count). The van der Waals surface area contributed by atoms with E-state index < -0.39 is 0 Å². The van der Waals surface area contributed by atoms with Crippen molar-refractivity contribution in [1.82, 2.24) is 4.57 Å². The van der Waals surface area contributed by atoms with E-state index in [1.165, 1.54) is 117 Å². The van der Waals surface area contributed by atoms with Crippen molar-refractivity contribution in [3.63, 3.8) is 0 Å². The Bertz CT molecular complexity index is 3460. The van der Waals surface area contributed by atoms with Crippen molar-refractivity contribution in [3.8, 4) is 27.9 Å². The zero-order chi connectivity index (χ0) is 46.3. The molecule has 0 radical (unpaired) electrons. The van der Waals surface area contributed by atoms with Crippen molar-refractivity contribution in [1.29, 1.82) is 0 Å². The van der Waals surface area contributed by atoms with Gasteiger partial charge in [-0.2, -0.15) is 0 Å². The lowest BCUT2D eigenvalue weighted by molar-refractivity contribution is 0.588. The third-order valence-corrected chi connectivity index (χ3v) is 15.3. The third-order valence-electron chi connectivity index (χ3n) is 15.3. The molecule has 0 fully saturated rings. The van der Waals surface area contributed by atoms with Gasteiger partial charge in [0.1, 0.15) is 0 Å². The molecule has 8 aromatic carbocycles. The molecule has 9 aromatic rings. The Labute approximate surface area is 397 Å².